The van der Waals surface area contributed by atoms with E-state index in [0.29, 0.717) is 5.56 Å². The van der Waals surface area contributed by atoms with Gasteiger partial charge in [-0.1, -0.05) is 48.0 Å². The van der Waals surface area contributed by atoms with Crippen molar-refractivity contribution < 1.29 is 4.79 Å². The third-order valence-electron chi connectivity index (χ3n) is 4.27. The molecule has 0 spiro atoms. The van der Waals surface area contributed by atoms with E-state index < -0.39 is 0 Å². The van der Waals surface area contributed by atoms with Crippen molar-refractivity contribution in [3.05, 3.63) is 83.6 Å². The topological polar surface area (TPSA) is 54.0 Å². The molecule has 0 saturated carbocycles. The molecule has 2 aromatic carbocycles. The van der Waals surface area contributed by atoms with Crippen LogP contribution in [0.1, 0.15) is 21.5 Å². The second kappa shape index (κ2) is 8.30. The highest BCUT2D eigenvalue weighted by molar-refractivity contribution is 5.94. The summed E-state index contributed by atoms with van der Waals surface area (Å²) in [6.45, 7) is 2.96. The average Bonchev–Trinajstić information content (AvgIpc) is 2.68. The van der Waals surface area contributed by atoms with Gasteiger partial charge in [-0.05, 0) is 37.1 Å². The first kappa shape index (κ1) is 17.7. The summed E-state index contributed by atoms with van der Waals surface area (Å²) in [7, 11) is 1.61. The Morgan fingerprint density at radius 1 is 1.04 bits per heavy atom. The summed E-state index contributed by atoms with van der Waals surface area (Å²) in [5.74, 6) is -0.131. The highest BCUT2D eigenvalue weighted by Crippen LogP contribution is 2.26. The molecule has 1 aromatic heterocycles. The molecule has 0 bridgehead atoms. The number of para-hydroxylation sites is 1. The number of pyridine rings is 1. The van der Waals surface area contributed by atoms with E-state index in [4.69, 9.17) is 0 Å². The standard InChI is InChI=1S/C22H23N3O/c1-16-6-5-7-17(14-16)12-13-24-20-9-4-3-8-19(20)21-11-10-18(15-25-21)22(26)23-2/h3-11,14-15,24H,12-13H2,1-2H3,(H,23,26). The van der Waals surface area contributed by atoms with Gasteiger partial charge in [-0.2, -0.15) is 0 Å². The monoisotopic (exact) mass is 345 g/mol. The zero-order chi connectivity index (χ0) is 18.4. The van der Waals surface area contributed by atoms with E-state index in [1.165, 1.54) is 11.1 Å². The first-order valence-corrected chi connectivity index (χ1v) is 8.74. The summed E-state index contributed by atoms with van der Waals surface area (Å²) in [6, 6.07) is 20.4. The van der Waals surface area contributed by atoms with Crippen molar-refractivity contribution in [1.82, 2.24) is 10.3 Å². The fourth-order valence-corrected chi connectivity index (χ4v) is 2.90. The lowest BCUT2D eigenvalue weighted by Gasteiger charge is -2.12. The Kier molecular flexibility index (Phi) is 5.64. The molecule has 132 valence electrons. The molecule has 3 rings (SSSR count). The molecular formula is C22H23N3O. The maximum atomic E-state index is 11.7. The van der Waals surface area contributed by atoms with Gasteiger partial charge in [-0.3, -0.25) is 9.78 Å². The fraction of sp³-hybridized carbons (Fsp3) is 0.182. The molecule has 0 radical (unpaired) electrons. The van der Waals surface area contributed by atoms with Crippen molar-refractivity contribution in [3.8, 4) is 11.3 Å². The lowest BCUT2D eigenvalue weighted by molar-refractivity contribution is 0.0963. The number of carbonyl (C=O) groups excluding carboxylic acids is 1. The van der Waals surface area contributed by atoms with E-state index in [0.717, 1.165) is 29.9 Å². The van der Waals surface area contributed by atoms with Gasteiger partial charge in [0.1, 0.15) is 0 Å². The predicted octanol–water partition coefficient (Wildman–Crippen LogP) is 4.07. The number of benzene rings is 2. The predicted molar refractivity (Wildman–Crippen MR) is 106 cm³/mol. The molecule has 4 heteroatoms. The van der Waals surface area contributed by atoms with Gasteiger partial charge >= 0.3 is 0 Å². The Hall–Kier alpha value is -3.14. The molecule has 0 fully saturated rings. The highest BCUT2D eigenvalue weighted by atomic mass is 16.1. The number of hydrogen-bond acceptors (Lipinski definition) is 3. The summed E-state index contributed by atoms with van der Waals surface area (Å²) in [4.78, 5) is 16.1. The van der Waals surface area contributed by atoms with Gasteiger partial charge < -0.3 is 10.6 Å². The van der Waals surface area contributed by atoms with Crippen LogP contribution in [0.5, 0.6) is 0 Å². The third-order valence-corrected chi connectivity index (χ3v) is 4.27. The van der Waals surface area contributed by atoms with E-state index in [9.17, 15) is 4.79 Å². The smallest absolute Gasteiger partial charge is 0.252 e. The lowest BCUT2D eigenvalue weighted by atomic mass is 10.1. The van der Waals surface area contributed by atoms with Crippen molar-refractivity contribution in [2.24, 2.45) is 0 Å². The molecule has 0 aliphatic heterocycles. The Bertz CT molecular complexity index is 888. The van der Waals surface area contributed by atoms with Gasteiger partial charge in [0.25, 0.3) is 5.91 Å². The SMILES string of the molecule is CNC(=O)c1ccc(-c2ccccc2NCCc2cccc(C)c2)nc1. The highest BCUT2D eigenvalue weighted by Gasteiger charge is 2.08. The zero-order valence-corrected chi connectivity index (χ0v) is 15.1. The summed E-state index contributed by atoms with van der Waals surface area (Å²) in [5.41, 5.74) is 6.07. The largest absolute Gasteiger partial charge is 0.384 e. The van der Waals surface area contributed by atoms with Crippen molar-refractivity contribution in [1.29, 1.82) is 0 Å². The van der Waals surface area contributed by atoms with E-state index in [1.54, 1.807) is 19.3 Å². The molecule has 4 nitrogen and oxygen atoms in total. The first-order valence-electron chi connectivity index (χ1n) is 8.74. The third kappa shape index (κ3) is 4.28. The van der Waals surface area contributed by atoms with Gasteiger partial charge in [0.05, 0.1) is 11.3 Å². The molecule has 1 amide bonds. The maximum absolute atomic E-state index is 11.7. The number of amides is 1. The number of nitrogens with one attached hydrogen (secondary N) is 2. The van der Waals surface area contributed by atoms with E-state index in [2.05, 4.69) is 52.9 Å². The molecule has 0 atom stereocenters. The number of aromatic nitrogens is 1. The minimum atomic E-state index is -0.131. The normalized spacial score (nSPS) is 10.4. The van der Waals surface area contributed by atoms with E-state index in [-0.39, 0.29) is 5.91 Å². The molecule has 3 aromatic rings. The van der Waals surface area contributed by atoms with Crippen LogP contribution in [0, 0.1) is 6.92 Å². The van der Waals surface area contributed by atoms with Crippen molar-refractivity contribution >= 4 is 11.6 Å². The minimum Gasteiger partial charge on any atom is -0.384 e. The molecule has 0 aliphatic carbocycles. The Labute approximate surface area is 154 Å². The molecular weight excluding hydrogens is 322 g/mol. The van der Waals surface area contributed by atoms with Crippen LogP contribution in [-0.4, -0.2) is 24.5 Å². The summed E-state index contributed by atoms with van der Waals surface area (Å²) >= 11 is 0. The van der Waals surface area contributed by atoms with Gasteiger partial charge in [-0.25, -0.2) is 0 Å². The van der Waals surface area contributed by atoms with Crippen LogP contribution in [0.2, 0.25) is 0 Å². The van der Waals surface area contributed by atoms with Crippen molar-refractivity contribution in [3.63, 3.8) is 0 Å². The molecule has 26 heavy (non-hydrogen) atoms. The van der Waals surface area contributed by atoms with Gasteiger partial charge in [-0.15, -0.1) is 0 Å². The maximum Gasteiger partial charge on any atom is 0.252 e. The molecule has 0 unspecified atom stereocenters. The molecule has 0 aliphatic rings. The second-order valence-electron chi connectivity index (χ2n) is 6.22. The lowest BCUT2D eigenvalue weighted by Crippen LogP contribution is -2.17. The Balaban J connectivity index is 1.72. The number of aryl methyl sites for hydroxylation is 1. The van der Waals surface area contributed by atoms with Crippen LogP contribution in [0.4, 0.5) is 5.69 Å². The molecule has 1 heterocycles. The number of rotatable bonds is 6. The minimum absolute atomic E-state index is 0.131. The van der Waals surface area contributed by atoms with Crippen LogP contribution in [0.25, 0.3) is 11.3 Å². The van der Waals surface area contributed by atoms with Gasteiger partial charge in [0, 0.05) is 31.0 Å². The van der Waals surface area contributed by atoms with Crippen LogP contribution >= 0.6 is 0 Å². The number of nitrogens with zero attached hydrogens (tertiary/aromatic N) is 1. The quantitative estimate of drug-likeness (QED) is 0.708. The van der Waals surface area contributed by atoms with Crippen LogP contribution < -0.4 is 10.6 Å². The van der Waals surface area contributed by atoms with Crippen molar-refractivity contribution in [2.75, 3.05) is 18.9 Å². The van der Waals surface area contributed by atoms with E-state index in [1.807, 2.05) is 24.3 Å². The summed E-state index contributed by atoms with van der Waals surface area (Å²) in [5, 5.41) is 6.12. The fourth-order valence-electron chi connectivity index (χ4n) is 2.90. The number of carbonyl (C=O) groups is 1. The number of hydrogen-bond donors (Lipinski definition) is 2. The Morgan fingerprint density at radius 3 is 2.62 bits per heavy atom. The van der Waals surface area contributed by atoms with Gasteiger partial charge in [0.2, 0.25) is 0 Å². The average molecular weight is 345 g/mol. The van der Waals surface area contributed by atoms with E-state index >= 15 is 0 Å². The Morgan fingerprint density at radius 2 is 1.88 bits per heavy atom. The molecule has 2 N–H and O–H groups in total. The van der Waals surface area contributed by atoms with Crippen LogP contribution in [0.15, 0.2) is 66.9 Å². The van der Waals surface area contributed by atoms with Crippen LogP contribution in [-0.2, 0) is 6.42 Å². The van der Waals surface area contributed by atoms with Crippen LogP contribution in [0.3, 0.4) is 0 Å². The first-order chi connectivity index (χ1) is 12.7. The summed E-state index contributed by atoms with van der Waals surface area (Å²) in [6.07, 6.45) is 2.57. The van der Waals surface area contributed by atoms with Gasteiger partial charge in [0.15, 0.2) is 0 Å². The van der Waals surface area contributed by atoms with Crippen molar-refractivity contribution in [2.45, 2.75) is 13.3 Å². The molecule has 0 saturated heterocycles. The summed E-state index contributed by atoms with van der Waals surface area (Å²) < 4.78 is 0. The zero-order valence-electron chi connectivity index (χ0n) is 15.1. The second-order valence-corrected chi connectivity index (χ2v) is 6.22. The number of anilines is 1.